The van der Waals surface area contributed by atoms with Gasteiger partial charge in [0.15, 0.2) is 0 Å². The Morgan fingerprint density at radius 3 is 2.82 bits per heavy atom. The monoisotopic (exact) mass is 232 g/mol. The molecule has 0 radical (unpaired) electrons. The molecule has 5 nitrogen and oxygen atoms in total. The summed E-state index contributed by atoms with van der Waals surface area (Å²) in [6.45, 7) is 1.08. The molecular formula is C12H16N4O. The summed E-state index contributed by atoms with van der Waals surface area (Å²) in [5, 5.41) is 7.99. The average Bonchev–Trinajstić information content (AvgIpc) is 2.78. The number of hydrogen-bond acceptors (Lipinski definition) is 4. The van der Waals surface area contributed by atoms with E-state index in [1.807, 2.05) is 36.5 Å². The highest BCUT2D eigenvalue weighted by Gasteiger charge is 2.08. The number of benzene rings is 1. The fourth-order valence-corrected chi connectivity index (χ4v) is 1.65. The molecule has 5 heteroatoms. The highest BCUT2D eigenvalue weighted by molar-refractivity contribution is 5.18. The minimum absolute atomic E-state index is 0.0757. The fourth-order valence-electron chi connectivity index (χ4n) is 1.65. The number of hydrogen-bond donors (Lipinski definition) is 1. The smallest absolute Gasteiger partial charge is 0.108 e. The van der Waals surface area contributed by atoms with Crippen LogP contribution in [0.5, 0.6) is 0 Å². The third-order valence-electron chi connectivity index (χ3n) is 2.49. The van der Waals surface area contributed by atoms with Gasteiger partial charge in [0.25, 0.3) is 0 Å². The van der Waals surface area contributed by atoms with Gasteiger partial charge in [-0.05, 0) is 5.56 Å². The van der Waals surface area contributed by atoms with Gasteiger partial charge >= 0.3 is 0 Å². The van der Waals surface area contributed by atoms with Gasteiger partial charge in [-0.1, -0.05) is 35.5 Å². The zero-order valence-electron chi connectivity index (χ0n) is 9.78. The van der Waals surface area contributed by atoms with Crippen LogP contribution in [0.2, 0.25) is 0 Å². The molecule has 17 heavy (non-hydrogen) atoms. The van der Waals surface area contributed by atoms with Crippen molar-refractivity contribution in [1.82, 2.24) is 15.0 Å². The predicted molar refractivity (Wildman–Crippen MR) is 64.1 cm³/mol. The first-order valence-corrected chi connectivity index (χ1v) is 5.48. The minimum Gasteiger partial charge on any atom is -0.378 e. The normalized spacial score (nSPS) is 12.6. The van der Waals surface area contributed by atoms with E-state index in [4.69, 9.17) is 10.5 Å². The van der Waals surface area contributed by atoms with Crippen molar-refractivity contribution in [2.45, 2.75) is 19.2 Å². The van der Waals surface area contributed by atoms with Gasteiger partial charge in [0.2, 0.25) is 0 Å². The predicted octanol–water partition coefficient (Wildman–Crippen LogP) is 1.12. The van der Waals surface area contributed by atoms with Crippen LogP contribution in [0.25, 0.3) is 0 Å². The lowest BCUT2D eigenvalue weighted by molar-refractivity contribution is 0.181. The Morgan fingerprint density at radius 1 is 1.35 bits per heavy atom. The van der Waals surface area contributed by atoms with Crippen LogP contribution < -0.4 is 5.73 Å². The maximum absolute atomic E-state index is 6.09. The number of methoxy groups -OCH3 is 1. The second-order valence-electron chi connectivity index (χ2n) is 3.88. The largest absolute Gasteiger partial charge is 0.378 e. The first kappa shape index (κ1) is 11.8. The molecular weight excluding hydrogens is 216 g/mol. The van der Waals surface area contributed by atoms with Gasteiger partial charge in [-0.15, -0.1) is 5.10 Å². The van der Waals surface area contributed by atoms with Gasteiger partial charge in [-0.25, -0.2) is 0 Å². The molecule has 90 valence electrons. The van der Waals surface area contributed by atoms with Crippen molar-refractivity contribution in [3.8, 4) is 0 Å². The van der Waals surface area contributed by atoms with E-state index in [0.717, 1.165) is 11.3 Å². The molecule has 0 aliphatic rings. The number of ether oxygens (including phenoxy) is 1. The summed E-state index contributed by atoms with van der Waals surface area (Å²) in [6.07, 6.45) is 1.85. The van der Waals surface area contributed by atoms with Gasteiger partial charge in [0.1, 0.15) is 5.69 Å². The lowest BCUT2D eigenvalue weighted by Gasteiger charge is -2.10. The Labute approximate surface area is 100 Å². The van der Waals surface area contributed by atoms with E-state index < -0.39 is 0 Å². The quantitative estimate of drug-likeness (QED) is 0.839. The molecule has 0 fully saturated rings. The number of nitrogens with zero attached hydrogens (tertiary/aromatic N) is 3. The van der Waals surface area contributed by atoms with E-state index in [1.54, 1.807) is 11.8 Å². The number of rotatable bonds is 5. The Kier molecular flexibility index (Phi) is 3.85. The van der Waals surface area contributed by atoms with Crippen LogP contribution in [0.15, 0.2) is 36.5 Å². The molecule has 0 saturated carbocycles. The molecule has 0 bridgehead atoms. The van der Waals surface area contributed by atoms with Crippen molar-refractivity contribution in [2.24, 2.45) is 5.73 Å². The molecule has 0 aliphatic carbocycles. The average molecular weight is 232 g/mol. The van der Waals surface area contributed by atoms with Crippen molar-refractivity contribution >= 4 is 0 Å². The lowest BCUT2D eigenvalue weighted by Crippen LogP contribution is -2.17. The van der Waals surface area contributed by atoms with Gasteiger partial charge in [-0.2, -0.15) is 0 Å². The zero-order valence-corrected chi connectivity index (χ0v) is 9.78. The van der Waals surface area contributed by atoms with Gasteiger partial charge in [0.05, 0.1) is 19.3 Å². The summed E-state index contributed by atoms with van der Waals surface area (Å²) in [5.41, 5.74) is 8.00. The highest BCUT2D eigenvalue weighted by Crippen LogP contribution is 2.11. The first-order valence-electron chi connectivity index (χ1n) is 5.48. The van der Waals surface area contributed by atoms with Crippen LogP contribution in [0, 0.1) is 0 Å². The van der Waals surface area contributed by atoms with Crippen molar-refractivity contribution in [3.63, 3.8) is 0 Å². The van der Waals surface area contributed by atoms with E-state index in [1.165, 1.54) is 0 Å². The van der Waals surface area contributed by atoms with E-state index in [9.17, 15) is 0 Å². The molecule has 0 amide bonds. The SMILES string of the molecule is COCc1cn(C[C@@H](N)c2ccccc2)nn1. The molecule has 2 rings (SSSR count). The summed E-state index contributed by atoms with van der Waals surface area (Å²) in [5.74, 6) is 0. The molecule has 1 aromatic heterocycles. The maximum Gasteiger partial charge on any atom is 0.108 e. The molecule has 0 unspecified atom stereocenters. The summed E-state index contributed by atoms with van der Waals surface area (Å²) >= 11 is 0. The summed E-state index contributed by atoms with van der Waals surface area (Å²) in [4.78, 5) is 0. The first-order chi connectivity index (χ1) is 8.29. The van der Waals surface area contributed by atoms with Crippen LogP contribution in [0.4, 0.5) is 0 Å². The fraction of sp³-hybridized carbons (Fsp3) is 0.333. The third kappa shape index (κ3) is 3.12. The summed E-state index contributed by atoms with van der Waals surface area (Å²) < 4.78 is 6.73. The van der Waals surface area contributed by atoms with Crippen LogP contribution in [0.1, 0.15) is 17.3 Å². The van der Waals surface area contributed by atoms with Gasteiger partial charge in [-0.3, -0.25) is 4.68 Å². The van der Waals surface area contributed by atoms with Crippen LogP contribution in [-0.2, 0) is 17.9 Å². The Bertz CT molecular complexity index is 455. The molecule has 1 aromatic carbocycles. The summed E-state index contributed by atoms with van der Waals surface area (Å²) in [7, 11) is 1.63. The van der Waals surface area contributed by atoms with E-state index in [-0.39, 0.29) is 6.04 Å². The second kappa shape index (κ2) is 5.56. The van der Waals surface area contributed by atoms with E-state index in [2.05, 4.69) is 10.3 Å². The van der Waals surface area contributed by atoms with Crippen LogP contribution in [-0.4, -0.2) is 22.1 Å². The zero-order chi connectivity index (χ0) is 12.1. The molecule has 2 N–H and O–H groups in total. The van der Waals surface area contributed by atoms with Crippen molar-refractivity contribution in [3.05, 3.63) is 47.8 Å². The van der Waals surface area contributed by atoms with Crippen molar-refractivity contribution in [2.75, 3.05) is 7.11 Å². The van der Waals surface area contributed by atoms with Gasteiger partial charge in [0, 0.05) is 13.2 Å². The topological polar surface area (TPSA) is 66.0 Å². The number of aromatic nitrogens is 3. The van der Waals surface area contributed by atoms with Crippen LogP contribution in [0.3, 0.4) is 0 Å². The molecule has 0 saturated heterocycles. The number of nitrogens with two attached hydrogens (primary N) is 1. The standard InChI is InChI=1S/C12H16N4O/c1-17-9-11-7-16(15-14-11)8-12(13)10-5-3-2-4-6-10/h2-7,12H,8-9,13H2,1H3/t12-/m1/s1. The Balaban J connectivity index is 2.00. The maximum atomic E-state index is 6.09. The lowest BCUT2D eigenvalue weighted by atomic mass is 10.1. The Morgan fingerprint density at radius 2 is 2.12 bits per heavy atom. The summed E-state index contributed by atoms with van der Waals surface area (Å²) in [6, 6.07) is 9.88. The molecule has 1 atom stereocenters. The third-order valence-corrected chi connectivity index (χ3v) is 2.49. The van der Waals surface area contributed by atoms with E-state index >= 15 is 0 Å². The van der Waals surface area contributed by atoms with Crippen LogP contribution >= 0.6 is 0 Å². The second-order valence-corrected chi connectivity index (χ2v) is 3.88. The van der Waals surface area contributed by atoms with Crippen molar-refractivity contribution in [1.29, 1.82) is 0 Å². The van der Waals surface area contributed by atoms with Gasteiger partial charge < -0.3 is 10.5 Å². The minimum atomic E-state index is -0.0757. The molecule has 2 aromatic rings. The highest BCUT2D eigenvalue weighted by atomic mass is 16.5. The Hall–Kier alpha value is -1.72. The van der Waals surface area contributed by atoms with E-state index in [0.29, 0.717) is 13.2 Å². The van der Waals surface area contributed by atoms with Crippen molar-refractivity contribution < 1.29 is 4.74 Å². The molecule has 1 heterocycles. The molecule has 0 aliphatic heterocycles. The molecule has 0 spiro atoms.